The van der Waals surface area contributed by atoms with Gasteiger partial charge in [-0.1, -0.05) is 6.58 Å². The van der Waals surface area contributed by atoms with Crippen LogP contribution in [0.25, 0.3) is 0 Å². The lowest BCUT2D eigenvalue weighted by Gasteiger charge is -2.20. The van der Waals surface area contributed by atoms with Crippen LogP contribution < -0.4 is 10.6 Å². The zero-order valence-electron chi connectivity index (χ0n) is 6.78. The summed E-state index contributed by atoms with van der Waals surface area (Å²) in [5.74, 6) is 0. The fourth-order valence-electron chi connectivity index (χ4n) is 1.20. The van der Waals surface area contributed by atoms with Crippen LogP contribution in [0.2, 0.25) is 0 Å². The molecule has 1 aliphatic rings. The molecule has 0 fully saturated rings. The van der Waals surface area contributed by atoms with Gasteiger partial charge < -0.3 is 10.6 Å². The Balaban J connectivity index is 2.77. The average molecular weight is 138 g/mol. The van der Waals surface area contributed by atoms with Crippen molar-refractivity contribution < 1.29 is 0 Å². The Morgan fingerprint density at radius 3 is 2.20 bits per heavy atom. The molecule has 0 aromatic rings. The fourth-order valence-corrected chi connectivity index (χ4v) is 1.20. The number of hydrogen-bond acceptors (Lipinski definition) is 2. The lowest BCUT2D eigenvalue weighted by atomic mass is 10.3. The van der Waals surface area contributed by atoms with Gasteiger partial charge in [0.25, 0.3) is 0 Å². The second kappa shape index (κ2) is 2.04. The molecule has 56 valence electrons. The quantitative estimate of drug-likeness (QED) is 0.571. The predicted octanol–water partition coefficient (Wildman–Crippen LogP) is 1.33. The van der Waals surface area contributed by atoms with Gasteiger partial charge in [0.2, 0.25) is 0 Å². The molecule has 0 aromatic carbocycles. The Hall–Kier alpha value is -0.920. The Morgan fingerprint density at radius 2 is 2.00 bits per heavy atom. The van der Waals surface area contributed by atoms with E-state index in [0.29, 0.717) is 0 Å². The number of hydrogen-bond donors (Lipinski definition) is 2. The molecule has 1 aliphatic heterocycles. The summed E-state index contributed by atoms with van der Waals surface area (Å²) < 4.78 is 0. The van der Waals surface area contributed by atoms with E-state index in [9.17, 15) is 0 Å². The Bertz CT molecular complexity index is 189. The second-order valence-electron chi connectivity index (χ2n) is 3.12. The van der Waals surface area contributed by atoms with Crippen molar-refractivity contribution in [2.45, 2.75) is 26.4 Å². The second-order valence-corrected chi connectivity index (χ2v) is 3.12. The van der Waals surface area contributed by atoms with Crippen molar-refractivity contribution in [1.29, 1.82) is 0 Å². The van der Waals surface area contributed by atoms with Gasteiger partial charge in [-0.25, -0.2) is 0 Å². The summed E-state index contributed by atoms with van der Waals surface area (Å²) in [6.07, 6.45) is 1.83. The maximum atomic E-state index is 3.70. The minimum absolute atomic E-state index is 0.00634. The van der Waals surface area contributed by atoms with E-state index >= 15 is 0 Å². The number of allylic oxidation sites excluding steroid dienone is 2. The zero-order chi connectivity index (χ0) is 7.78. The monoisotopic (exact) mass is 138 g/mol. The molecule has 0 spiro atoms. The van der Waals surface area contributed by atoms with Gasteiger partial charge in [-0.2, -0.15) is 0 Å². The molecule has 0 amide bonds. The van der Waals surface area contributed by atoms with Gasteiger partial charge in [0.15, 0.2) is 0 Å². The van der Waals surface area contributed by atoms with E-state index in [0.717, 1.165) is 5.70 Å². The van der Waals surface area contributed by atoms with Crippen molar-refractivity contribution in [3.8, 4) is 0 Å². The molecule has 0 radical (unpaired) electrons. The van der Waals surface area contributed by atoms with Crippen LogP contribution in [0, 0.1) is 0 Å². The number of nitrogens with one attached hydrogen (secondary N) is 2. The highest BCUT2D eigenvalue weighted by atomic mass is 15.2. The van der Waals surface area contributed by atoms with Crippen molar-refractivity contribution in [2.24, 2.45) is 0 Å². The predicted molar refractivity (Wildman–Crippen MR) is 43.2 cm³/mol. The van der Waals surface area contributed by atoms with Gasteiger partial charge in [-0.05, 0) is 26.8 Å². The van der Waals surface area contributed by atoms with Crippen molar-refractivity contribution in [2.75, 3.05) is 0 Å². The Morgan fingerprint density at radius 1 is 1.40 bits per heavy atom. The molecule has 0 atom stereocenters. The van der Waals surface area contributed by atoms with Crippen molar-refractivity contribution in [1.82, 2.24) is 10.6 Å². The van der Waals surface area contributed by atoms with Gasteiger partial charge in [0.05, 0.1) is 5.70 Å². The molecule has 2 heteroatoms. The summed E-state index contributed by atoms with van der Waals surface area (Å²) in [7, 11) is 0. The number of rotatable bonds is 1. The normalized spacial score (nSPS) is 21.9. The third kappa shape index (κ3) is 1.15. The van der Waals surface area contributed by atoms with Crippen LogP contribution >= 0.6 is 0 Å². The Kier molecular flexibility index (Phi) is 1.47. The molecule has 0 bridgehead atoms. The minimum Gasteiger partial charge on any atom is -0.365 e. The standard InChI is InChI=1S/C8H14N2/c1-5-7-6(2)9-8(3,4)10-7/h5,9-10H,1H2,2-4H3. The smallest absolute Gasteiger partial charge is 0.102 e. The SMILES string of the molecule is C=CC1=C(C)NC(C)(C)N1. The molecule has 0 aromatic heterocycles. The minimum atomic E-state index is -0.00634. The molecule has 0 aliphatic carbocycles. The molecule has 0 saturated heterocycles. The zero-order valence-corrected chi connectivity index (χ0v) is 6.78. The van der Waals surface area contributed by atoms with Crippen LogP contribution in [0.1, 0.15) is 20.8 Å². The summed E-state index contributed by atoms with van der Waals surface area (Å²) in [6, 6.07) is 0. The first-order chi connectivity index (χ1) is 4.55. The van der Waals surface area contributed by atoms with Crippen LogP contribution in [0.4, 0.5) is 0 Å². The van der Waals surface area contributed by atoms with Gasteiger partial charge in [-0.15, -0.1) is 0 Å². The highest BCUT2D eigenvalue weighted by Gasteiger charge is 2.24. The third-order valence-corrected chi connectivity index (χ3v) is 1.56. The first-order valence-corrected chi connectivity index (χ1v) is 3.45. The first kappa shape index (κ1) is 7.19. The van der Waals surface area contributed by atoms with Crippen molar-refractivity contribution in [3.05, 3.63) is 24.0 Å². The van der Waals surface area contributed by atoms with Gasteiger partial charge in [0, 0.05) is 5.70 Å². The van der Waals surface area contributed by atoms with Crippen LogP contribution in [0.3, 0.4) is 0 Å². The summed E-state index contributed by atoms with van der Waals surface area (Å²) in [5.41, 5.74) is 2.26. The highest BCUT2D eigenvalue weighted by molar-refractivity contribution is 5.27. The van der Waals surface area contributed by atoms with Crippen molar-refractivity contribution in [3.63, 3.8) is 0 Å². The molecule has 0 saturated carbocycles. The molecule has 2 nitrogen and oxygen atoms in total. The lowest BCUT2D eigenvalue weighted by molar-refractivity contribution is 0.413. The molecular weight excluding hydrogens is 124 g/mol. The Labute approximate surface area is 62.0 Å². The maximum absolute atomic E-state index is 3.70. The highest BCUT2D eigenvalue weighted by Crippen LogP contribution is 2.14. The molecule has 2 N–H and O–H groups in total. The average Bonchev–Trinajstić information content (AvgIpc) is 2.05. The van der Waals surface area contributed by atoms with Crippen LogP contribution in [0.5, 0.6) is 0 Å². The van der Waals surface area contributed by atoms with Crippen LogP contribution in [0.15, 0.2) is 24.0 Å². The molecule has 1 heterocycles. The summed E-state index contributed by atoms with van der Waals surface area (Å²) in [5, 5.41) is 6.57. The van der Waals surface area contributed by atoms with E-state index in [1.807, 2.05) is 13.0 Å². The van der Waals surface area contributed by atoms with E-state index in [-0.39, 0.29) is 5.66 Å². The molecule has 0 unspecified atom stereocenters. The molecule has 1 rings (SSSR count). The lowest BCUT2D eigenvalue weighted by Crippen LogP contribution is -2.43. The van der Waals surface area contributed by atoms with Gasteiger partial charge >= 0.3 is 0 Å². The summed E-state index contributed by atoms with van der Waals surface area (Å²) in [4.78, 5) is 0. The van der Waals surface area contributed by atoms with E-state index in [2.05, 4.69) is 31.1 Å². The molecular formula is C8H14N2. The molecule has 10 heavy (non-hydrogen) atoms. The summed E-state index contributed by atoms with van der Waals surface area (Å²) in [6.45, 7) is 9.92. The van der Waals surface area contributed by atoms with Crippen LogP contribution in [-0.4, -0.2) is 5.66 Å². The van der Waals surface area contributed by atoms with Crippen molar-refractivity contribution >= 4 is 0 Å². The van der Waals surface area contributed by atoms with E-state index in [1.165, 1.54) is 5.70 Å². The fraction of sp³-hybridized carbons (Fsp3) is 0.500. The van der Waals surface area contributed by atoms with Gasteiger partial charge in [-0.3, -0.25) is 0 Å². The van der Waals surface area contributed by atoms with E-state index in [1.54, 1.807) is 0 Å². The van der Waals surface area contributed by atoms with Crippen LogP contribution in [-0.2, 0) is 0 Å². The third-order valence-electron chi connectivity index (χ3n) is 1.56. The van der Waals surface area contributed by atoms with E-state index in [4.69, 9.17) is 0 Å². The van der Waals surface area contributed by atoms with E-state index < -0.39 is 0 Å². The first-order valence-electron chi connectivity index (χ1n) is 3.45. The summed E-state index contributed by atoms with van der Waals surface area (Å²) >= 11 is 0. The maximum Gasteiger partial charge on any atom is 0.102 e. The topological polar surface area (TPSA) is 24.1 Å². The van der Waals surface area contributed by atoms with Gasteiger partial charge in [0.1, 0.15) is 5.66 Å². The largest absolute Gasteiger partial charge is 0.365 e.